The number of rotatable bonds is 10. The molecule has 1 rings (SSSR count). The van der Waals surface area contributed by atoms with E-state index >= 15 is 0 Å². The smallest absolute Gasteiger partial charge is 0.318 e. The zero-order valence-electron chi connectivity index (χ0n) is 12.2. The summed E-state index contributed by atoms with van der Waals surface area (Å²) in [5.74, 6) is 0.572. The number of aromatic nitrogens is 2. The number of likely N-dealkylation sites (N-methyl/N-ethyl adjacent to an activating group) is 1. The van der Waals surface area contributed by atoms with Gasteiger partial charge in [-0.15, -0.1) is 5.10 Å². The van der Waals surface area contributed by atoms with Crippen LogP contribution in [0.15, 0.2) is 4.42 Å². The molecular formula is C12H24N4O3. The van der Waals surface area contributed by atoms with Crippen molar-refractivity contribution in [3.63, 3.8) is 0 Å². The molecule has 1 aromatic rings. The van der Waals surface area contributed by atoms with Crippen LogP contribution in [0.4, 0.5) is 6.01 Å². The number of hydrogen-bond acceptors (Lipinski definition) is 7. The molecule has 1 N–H and O–H groups in total. The Bertz CT molecular complexity index is 343. The van der Waals surface area contributed by atoms with Crippen LogP contribution in [0.1, 0.15) is 19.7 Å². The summed E-state index contributed by atoms with van der Waals surface area (Å²) in [6.07, 6.45) is 0.233. The van der Waals surface area contributed by atoms with Gasteiger partial charge in [-0.25, -0.2) is 0 Å². The topological polar surface area (TPSA) is 72.7 Å². The molecule has 1 aromatic heterocycles. The molecule has 0 spiro atoms. The molecule has 0 amide bonds. The monoisotopic (exact) mass is 272 g/mol. The van der Waals surface area contributed by atoms with E-state index in [2.05, 4.69) is 15.5 Å². The van der Waals surface area contributed by atoms with Crippen LogP contribution >= 0.6 is 0 Å². The van der Waals surface area contributed by atoms with Crippen LogP contribution in [0.25, 0.3) is 0 Å². The maximum atomic E-state index is 5.53. The highest BCUT2D eigenvalue weighted by Gasteiger charge is 2.10. The number of nitrogens with one attached hydrogen (secondary N) is 1. The molecule has 0 unspecified atom stereocenters. The van der Waals surface area contributed by atoms with Crippen molar-refractivity contribution in [2.75, 3.05) is 45.4 Å². The molecule has 19 heavy (non-hydrogen) atoms. The molecule has 110 valence electrons. The minimum absolute atomic E-state index is 0.233. The molecule has 0 bridgehead atoms. The van der Waals surface area contributed by atoms with Gasteiger partial charge in [-0.1, -0.05) is 5.10 Å². The van der Waals surface area contributed by atoms with Crippen LogP contribution in [0.2, 0.25) is 0 Å². The first-order valence-corrected chi connectivity index (χ1v) is 6.48. The van der Waals surface area contributed by atoms with Gasteiger partial charge in [0, 0.05) is 27.2 Å². The van der Waals surface area contributed by atoms with Crippen LogP contribution in [0.5, 0.6) is 0 Å². The number of hydrogen-bond donors (Lipinski definition) is 1. The fraction of sp³-hybridized carbons (Fsp3) is 0.833. The lowest BCUT2D eigenvalue weighted by atomic mass is 10.5. The van der Waals surface area contributed by atoms with Crippen LogP contribution < -0.4 is 10.2 Å². The van der Waals surface area contributed by atoms with Gasteiger partial charge in [-0.2, -0.15) is 0 Å². The van der Waals surface area contributed by atoms with Gasteiger partial charge in [-0.3, -0.25) is 0 Å². The Morgan fingerprint density at radius 2 is 2.11 bits per heavy atom. The van der Waals surface area contributed by atoms with Crippen LogP contribution in [-0.4, -0.2) is 56.8 Å². The molecule has 7 heteroatoms. The van der Waals surface area contributed by atoms with E-state index in [1.54, 1.807) is 7.11 Å². The summed E-state index contributed by atoms with van der Waals surface area (Å²) in [6, 6.07) is 0.510. The molecule has 0 fully saturated rings. The number of methoxy groups -OCH3 is 1. The average molecular weight is 272 g/mol. The lowest BCUT2D eigenvalue weighted by Crippen LogP contribution is -2.24. The highest BCUT2D eigenvalue weighted by molar-refractivity contribution is 5.21. The number of nitrogens with zero attached hydrogens (tertiary/aromatic N) is 3. The lowest BCUT2D eigenvalue weighted by Gasteiger charge is -2.14. The van der Waals surface area contributed by atoms with Gasteiger partial charge in [0.25, 0.3) is 0 Å². The Hall–Kier alpha value is -1.18. The molecule has 0 saturated carbocycles. The highest BCUT2D eigenvalue weighted by Crippen LogP contribution is 2.09. The van der Waals surface area contributed by atoms with Crippen molar-refractivity contribution in [2.24, 2.45) is 0 Å². The van der Waals surface area contributed by atoms with E-state index in [1.165, 1.54) is 0 Å². The Morgan fingerprint density at radius 1 is 1.32 bits per heavy atom. The van der Waals surface area contributed by atoms with Crippen molar-refractivity contribution in [1.82, 2.24) is 15.5 Å². The summed E-state index contributed by atoms with van der Waals surface area (Å²) < 4.78 is 15.9. The lowest BCUT2D eigenvalue weighted by molar-refractivity contribution is 0.0841. The number of anilines is 1. The Balaban J connectivity index is 2.28. The van der Waals surface area contributed by atoms with E-state index in [0.717, 1.165) is 13.1 Å². The van der Waals surface area contributed by atoms with E-state index in [0.29, 0.717) is 31.7 Å². The summed E-state index contributed by atoms with van der Waals surface area (Å²) >= 11 is 0. The van der Waals surface area contributed by atoms with Gasteiger partial charge >= 0.3 is 6.01 Å². The van der Waals surface area contributed by atoms with E-state index in [-0.39, 0.29) is 6.10 Å². The zero-order chi connectivity index (χ0) is 14.1. The van der Waals surface area contributed by atoms with Gasteiger partial charge in [0.2, 0.25) is 5.89 Å². The second-order valence-electron chi connectivity index (χ2n) is 4.49. The van der Waals surface area contributed by atoms with Crippen LogP contribution in [-0.2, 0) is 16.0 Å². The summed E-state index contributed by atoms with van der Waals surface area (Å²) in [6.45, 7) is 7.34. The minimum Gasteiger partial charge on any atom is -0.407 e. The summed E-state index contributed by atoms with van der Waals surface area (Å²) in [5, 5.41) is 11.1. The quantitative estimate of drug-likeness (QED) is 0.627. The highest BCUT2D eigenvalue weighted by atomic mass is 16.5. The third-order valence-corrected chi connectivity index (χ3v) is 2.42. The van der Waals surface area contributed by atoms with E-state index in [1.807, 2.05) is 25.8 Å². The SMILES string of the molecule is COCCNCc1nnc(N(C)CCOC(C)C)o1. The Kier molecular flexibility index (Phi) is 7.39. The third kappa shape index (κ3) is 6.51. The fourth-order valence-electron chi connectivity index (χ4n) is 1.36. The largest absolute Gasteiger partial charge is 0.407 e. The van der Waals surface area contributed by atoms with Crippen molar-refractivity contribution >= 4 is 6.01 Å². The first-order valence-electron chi connectivity index (χ1n) is 6.48. The average Bonchev–Trinajstić information content (AvgIpc) is 2.83. The number of ether oxygens (including phenoxy) is 2. The predicted octanol–water partition coefficient (Wildman–Crippen LogP) is 0.667. The van der Waals surface area contributed by atoms with Crippen molar-refractivity contribution in [3.8, 4) is 0 Å². The molecular weight excluding hydrogens is 248 g/mol. The molecule has 7 nitrogen and oxygen atoms in total. The molecule has 1 heterocycles. The third-order valence-electron chi connectivity index (χ3n) is 2.42. The maximum Gasteiger partial charge on any atom is 0.318 e. The second kappa shape index (κ2) is 8.84. The maximum absolute atomic E-state index is 5.53. The predicted molar refractivity (Wildman–Crippen MR) is 72.2 cm³/mol. The molecule has 0 aromatic carbocycles. The van der Waals surface area contributed by atoms with Gasteiger partial charge in [0.1, 0.15) is 0 Å². The van der Waals surface area contributed by atoms with Crippen LogP contribution in [0.3, 0.4) is 0 Å². The fourth-order valence-corrected chi connectivity index (χ4v) is 1.36. The summed E-state index contributed by atoms with van der Waals surface area (Å²) in [5.41, 5.74) is 0. The second-order valence-corrected chi connectivity index (χ2v) is 4.49. The minimum atomic E-state index is 0.233. The van der Waals surface area contributed by atoms with E-state index in [4.69, 9.17) is 13.9 Å². The standard InChI is InChI=1S/C12H24N4O3/c1-10(2)18-8-6-16(3)12-15-14-11(19-12)9-13-5-7-17-4/h10,13H,5-9H2,1-4H3. The van der Waals surface area contributed by atoms with Gasteiger partial charge in [0.05, 0.1) is 25.9 Å². The molecule has 0 saturated heterocycles. The molecule has 0 aliphatic rings. The summed E-state index contributed by atoms with van der Waals surface area (Å²) in [7, 11) is 3.57. The summed E-state index contributed by atoms with van der Waals surface area (Å²) in [4.78, 5) is 1.88. The van der Waals surface area contributed by atoms with Gasteiger partial charge in [0.15, 0.2) is 0 Å². The first-order chi connectivity index (χ1) is 9.13. The van der Waals surface area contributed by atoms with E-state index in [9.17, 15) is 0 Å². The molecule has 0 atom stereocenters. The first kappa shape index (κ1) is 15.9. The van der Waals surface area contributed by atoms with Crippen molar-refractivity contribution < 1.29 is 13.9 Å². The Labute approximate surface area is 114 Å². The van der Waals surface area contributed by atoms with Crippen LogP contribution in [0, 0.1) is 0 Å². The normalized spacial score (nSPS) is 11.2. The van der Waals surface area contributed by atoms with Crippen molar-refractivity contribution in [2.45, 2.75) is 26.5 Å². The van der Waals surface area contributed by atoms with Crippen molar-refractivity contribution in [1.29, 1.82) is 0 Å². The van der Waals surface area contributed by atoms with E-state index < -0.39 is 0 Å². The zero-order valence-corrected chi connectivity index (χ0v) is 12.2. The van der Waals surface area contributed by atoms with Gasteiger partial charge < -0.3 is 24.1 Å². The molecule has 0 aliphatic heterocycles. The van der Waals surface area contributed by atoms with Gasteiger partial charge in [-0.05, 0) is 13.8 Å². The molecule has 0 radical (unpaired) electrons. The van der Waals surface area contributed by atoms with Crippen molar-refractivity contribution in [3.05, 3.63) is 5.89 Å². The molecule has 0 aliphatic carbocycles. The Morgan fingerprint density at radius 3 is 2.79 bits per heavy atom.